The van der Waals surface area contributed by atoms with Gasteiger partial charge in [0.2, 0.25) is 0 Å². The van der Waals surface area contributed by atoms with E-state index in [1.54, 1.807) is 6.26 Å². The largest absolute Gasteiger partial charge is 0.346 e. The highest BCUT2D eigenvalue weighted by Crippen LogP contribution is 2.02. The maximum atomic E-state index is 5.31. The molecule has 3 nitrogen and oxygen atoms in total. The fourth-order valence-electron chi connectivity index (χ4n) is 0.570. The minimum absolute atomic E-state index is 0.720. The summed E-state index contributed by atoms with van der Waals surface area (Å²) in [6.07, 6.45) is 3.56. The number of rotatable bonds is 5. The average molecular weight is 145 g/mol. The Balaban J connectivity index is 3.30. The van der Waals surface area contributed by atoms with E-state index in [2.05, 4.69) is 9.78 Å². The molecule has 0 atom stereocenters. The molecular formula is C7H15NO2. The summed E-state index contributed by atoms with van der Waals surface area (Å²) in [5.74, 6) is 0. The minimum atomic E-state index is 0.720. The van der Waals surface area contributed by atoms with Gasteiger partial charge in [-0.3, -0.25) is 0 Å². The molecule has 0 radical (unpaired) electrons. The smallest absolute Gasteiger partial charge is 0.128 e. The number of nitrogens with two attached hydrogens (primary N) is 1. The molecule has 2 N–H and O–H groups in total. The molecule has 0 heterocycles. The molecule has 0 saturated heterocycles. The van der Waals surface area contributed by atoms with Crippen LogP contribution in [0.15, 0.2) is 11.8 Å². The predicted octanol–water partition coefficient (Wildman–Crippen LogP) is 1.21. The van der Waals surface area contributed by atoms with Crippen LogP contribution in [0.25, 0.3) is 0 Å². The highest BCUT2D eigenvalue weighted by atomic mass is 17.2. The second-order valence-electron chi connectivity index (χ2n) is 2.12. The zero-order valence-electron chi connectivity index (χ0n) is 6.59. The zero-order valence-corrected chi connectivity index (χ0v) is 6.59. The molecule has 0 saturated carbocycles. The standard InChI is InChI=1S/C7H15NO2/c1-7(4-3-5-8)6-10-9-2/h6H,3-5,8H2,1-2H3. The maximum absolute atomic E-state index is 5.31. The van der Waals surface area contributed by atoms with E-state index in [1.807, 2.05) is 6.92 Å². The van der Waals surface area contributed by atoms with E-state index in [1.165, 1.54) is 7.11 Å². The van der Waals surface area contributed by atoms with E-state index in [4.69, 9.17) is 5.73 Å². The van der Waals surface area contributed by atoms with Crippen LogP contribution in [-0.2, 0) is 9.78 Å². The molecule has 0 bridgehead atoms. The molecule has 0 amide bonds. The molecule has 0 rings (SSSR count). The van der Waals surface area contributed by atoms with Crippen LogP contribution < -0.4 is 5.73 Å². The molecule has 0 aliphatic rings. The van der Waals surface area contributed by atoms with Gasteiger partial charge in [0.1, 0.15) is 6.26 Å². The Labute approximate surface area is 61.7 Å². The minimum Gasteiger partial charge on any atom is -0.346 e. The van der Waals surface area contributed by atoms with Crippen molar-refractivity contribution in [3.05, 3.63) is 11.8 Å². The lowest BCUT2D eigenvalue weighted by Gasteiger charge is -1.98. The summed E-state index contributed by atoms with van der Waals surface area (Å²) >= 11 is 0. The summed E-state index contributed by atoms with van der Waals surface area (Å²) in [5.41, 5.74) is 6.45. The topological polar surface area (TPSA) is 44.5 Å². The van der Waals surface area contributed by atoms with Gasteiger partial charge in [0, 0.05) is 0 Å². The summed E-state index contributed by atoms with van der Waals surface area (Å²) in [6.45, 7) is 2.70. The number of hydrogen-bond donors (Lipinski definition) is 1. The Bertz CT molecular complexity index is 102. The first-order valence-electron chi connectivity index (χ1n) is 3.36. The summed E-state index contributed by atoms with van der Waals surface area (Å²) in [6, 6.07) is 0. The number of hydrogen-bond acceptors (Lipinski definition) is 3. The molecule has 3 heteroatoms. The summed E-state index contributed by atoms with van der Waals surface area (Å²) in [5, 5.41) is 0. The van der Waals surface area contributed by atoms with Crippen molar-refractivity contribution in [2.24, 2.45) is 5.73 Å². The van der Waals surface area contributed by atoms with Crippen LogP contribution in [0.5, 0.6) is 0 Å². The Hall–Kier alpha value is -0.540. The molecule has 60 valence electrons. The van der Waals surface area contributed by atoms with E-state index < -0.39 is 0 Å². The van der Waals surface area contributed by atoms with Gasteiger partial charge in [-0.05, 0) is 31.9 Å². The summed E-state index contributed by atoms with van der Waals surface area (Å²) in [4.78, 5) is 8.97. The van der Waals surface area contributed by atoms with Gasteiger partial charge in [0.15, 0.2) is 0 Å². The number of allylic oxidation sites excluding steroid dienone is 1. The molecule has 0 fully saturated rings. The molecule has 0 aromatic rings. The van der Waals surface area contributed by atoms with Crippen LogP contribution in [0.4, 0.5) is 0 Å². The van der Waals surface area contributed by atoms with Crippen molar-refractivity contribution in [2.45, 2.75) is 19.8 Å². The van der Waals surface area contributed by atoms with Crippen molar-refractivity contribution < 1.29 is 9.78 Å². The highest BCUT2D eigenvalue weighted by molar-refractivity contribution is 4.91. The van der Waals surface area contributed by atoms with Gasteiger partial charge in [0.25, 0.3) is 0 Å². The van der Waals surface area contributed by atoms with E-state index in [0.29, 0.717) is 0 Å². The molecule has 0 aliphatic heterocycles. The molecule has 10 heavy (non-hydrogen) atoms. The van der Waals surface area contributed by atoms with E-state index in [-0.39, 0.29) is 0 Å². The first kappa shape index (κ1) is 9.46. The monoisotopic (exact) mass is 145 g/mol. The van der Waals surface area contributed by atoms with Gasteiger partial charge in [-0.2, -0.15) is 4.89 Å². The Morgan fingerprint density at radius 3 is 2.80 bits per heavy atom. The fraction of sp³-hybridized carbons (Fsp3) is 0.714. The third kappa shape index (κ3) is 5.59. The normalized spacial score (nSPS) is 11.7. The van der Waals surface area contributed by atoms with Crippen molar-refractivity contribution in [1.82, 2.24) is 0 Å². The Morgan fingerprint density at radius 2 is 2.30 bits per heavy atom. The molecule has 0 unspecified atom stereocenters. The van der Waals surface area contributed by atoms with Crippen LogP contribution in [0, 0.1) is 0 Å². The van der Waals surface area contributed by atoms with Gasteiger partial charge in [0.05, 0.1) is 7.11 Å². The Morgan fingerprint density at radius 1 is 1.60 bits per heavy atom. The van der Waals surface area contributed by atoms with E-state index in [9.17, 15) is 0 Å². The predicted molar refractivity (Wildman–Crippen MR) is 40.1 cm³/mol. The van der Waals surface area contributed by atoms with Crippen molar-refractivity contribution in [2.75, 3.05) is 13.7 Å². The van der Waals surface area contributed by atoms with Crippen molar-refractivity contribution in [3.8, 4) is 0 Å². The van der Waals surface area contributed by atoms with Gasteiger partial charge >= 0.3 is 0 Å². The lowest BCUT2D eigenvalue weighted by Crippen LogP contribution is -1.98. The van der Waals surface area contributed by atoms with Crippen LogP contribution in [0.2, 0.25) is 0 Å². The SMILES string of the molecule is COOC=C(C)CCCN. The van der Waals surface area contributed by atoms with Gasteiger partial charge in [-0.15, -0.1) is 0 Å². The Kier molecular flexibility index (Phi) is 6.22. The lowest BCUT2D eigenvalue weighted by atomic mass is 10.2. The first-order valence-corrected chi connectivity index (χ1v) is 3.36. The highest BCUT2D eigenvalue weighted by Gasteiger charge is 1.88. The summed E-state index contributed by atoms with van der Waals surface area (Å²) < 4.78 is 0. The van der Waals surface area contributed by atoms with E-state index in [0.717, 1.165) is 25.0 Å². The third-order valence-electron chi connectivity index (χ3n) is 1.12. The van der Waals surface area contributed by atoms with Crippen molar-refractivity contribution in [3.63, 3.8) is 0 Å². The second-order valence-corrected chi connectivity index (χ2v) is 2.12. The third-order valence-corrected chi connectivity index (χ3v) is 1.12. The fourth-order valence-corrected chi connectivity index (χ4v) is 0.570. The summed E-state index contributed by atoms with van der Waals surface area (Å²) in [7, 11) is 1.48. The first-order chi connectivity index (χ1) is 4.81. The molecule has 0 spiro atoms. The van der Waals surface area contributed by atoms with Crippen LogP contribution in [0.3, 0.4) is 0 Å². The van der Waals surface area contributed by atoms with Crippen LogP contribution >= 0.6 is 0 Å². The van der Waals surface area contributed by atoms with E-state index >= 15 is 0 Å². The van der Waals surface area contributed by atoms with Crippen molar-refractivity contribution in [1.29, 1.82) is 0 Å². The molecule has 0 aromatic carbocycles. The van der Waals surface area contributed by atoms with Crippen molar-refractivity contribution >= 4 is 0 Å². The maximum Gasteiger partial charge on any atom is 0.128 e. The van der Waals surface area contributed by atoms with Gasteiger partial charge < -0.3 is 10.6 Å². The lowest BCUT2D eigenvalue weighted by molar-refractivity contribution is -0.223. The van der Waals surface area contributed by atoms with Crippen LogP contribution in [0.1, 0.15) is 19.8 Å². The molecule has 0 aromatic heterocycles. The quantitative estimate of drug-likeness (QED) is 0.359. The van der Waals surface area contributed by atoms with Gasteiger partial charge in [-0.25, -0.2) is 0 Å². The zero-order chi connectivity index (χ0) is 7.82. The van der Waals surface area contributed by atoms with Gasteiger partial charge in [-0.1, -0.05) is 0 Å². The van der Waals surface area contributed by atoms with Crippen LogP contribution in [-0.4, -0.2) is 13.7 Å². The average Bonchev–Trinajstić information content (AvgIpc) is 1.97. The second kappa shape index (κ2) is 6.58. The molecular weight excluding hydrogens is 130 g/mol. The molecule has 0 aliphatic carbocycles.